The molecule has 152 valence electrons. The van der Waals surface area contributed by atoms with Gasteiger partial charge in [0.15, 0.2) is 16.6 Å². The number of fused-ring (bicyclic) bond motifs is 1. The van der Waals surface area contributed by atoms with Crippen LogP contribution in [0.4, 0.5) is 5.13 Å². The molecule has 6 heteroatoms. The standard InChI is InChI=1S/C23H26N2O3S/c1-15(2)12-13-28-18-10-8-17(14-19(18)27-4)9-11-21(26)24-23-25-22-16(3)6-5-7-20(22)29-23/h5-11,14-15H,12-13H2,1-4H3,(H,24,25,26)/b11-9+. The quantitative estimate of drug-likeness (QED) is 0.485. The van der Waals surface area contributed by atoms with Crippen LogP contribution < -0.4 is 14.8 Å². The molecule has 1 N–H and O–H groups in total. The number of anilines is 1. The fourth-order valence-corrected chi connectivity index (χ4v) is 3.72. The molecule has 0 bridgehead atoms. The Morgan fingerprint density at radius 3 is 2.79 bits per heavy atom. The molecule has 1 aromatic heterocycles. The van der Waals surface area contributed by atoms with Crippen LogP contribution >= 0.6 is 11.3 Å². The normalized spacial score (nSPS) is 11.3. The minimum absolute atomic E-state index is 0.224. The van der Waals surface area contributed by atoms with Gasteiger partial charge in [0.05, 0.1) is 23.9 Å². The van der Waals surface area contributed by atoms with Gasteiger partial charge in [0.2, 0.25) is 5.91 Å². The first-order chi connectivity index (χ1) is 14.0. The fourth-order valence-electron chi connectivity index (χ4n) is 2.77. The molecule has 29 heavy (non-hydrogen) atoms. The highest BCUT2D eigenvalue weighted by Gasteiger charge is 2.08. The molecule has 3 rings (SSSR count). The van der Waals surface area contributed by atoms with Crippen molar-refractivity contribution in [3.05, 3.63) is 53.6 Å². The number of ether oxygens (including phenoxy) is 2. The van der Waals surface area contributed by atoms with E-state index in [4.69, 9.17) is 9.47 Å². The van der Waals surface area contributed by atoms with Crippen molar-refractivity contribution in [3.63, 3.8) is 0 Å². The molecule has 2 aromatic carbocycles. The molecule has 5 nitrogen and oxygen atoms in total. The minimum Gasteiger partial charge on any atom is -0.493 e. The van der Waals surface area contributed by atoms with E-state index < -0.39 is 0 Å². The Morgan fingerprint density at radius 1 is 1.24 bits per heavy atom. The Labute approximate surface area is 175 Å². The van der Waals surface area contributed by atoms with E-state index in [9.17, 15) is 4.79 Å². The predicted molar refractivity (Wildman–Crippen MR) is 120 cm³/mol. The third kappa shape index (κ3) is 5.57. The molecule has 0 aliphatic heterocycles. The van der Waals surface area contributed by atoms with Crippen LogP contribution in [0.1, 0.15) is 31.4 Å². The predicted octanol–water partition coefficient (Wildman–Crippen LogP) is 5.69. The highest BCUT2D eigenvalue weighted by atomic mass is 32.1. The number of nitrogens with one attached hydrogen (secondary N) is 1. The lowest BCUT2D eigenvalue weighted by molar-refractivity contribution is -0.111. The number of nitrogens with zero attached hydrogens (tertiary/aromatic N) is 1. The van der Waals surface area contributed by atoms with Crippen molar-refractivity contribution >= 4 is 38.7 Å². The summed E-state index contributed by atoms with van der Waals surface area (Å²) in [6.07, 6.45) is 4.22. The number of methoxy groups -OCH3 is 1. The maximum absolute atomic E-state index is 12.3. The number of rotatable bonds is 8. The molecule has 0 radical (unpaired) electrons. The van der Waals surface area contributed by atoms with Gasteiger partial charge in [0.1, 0.15) is 0 Å². The SMILES string of the molecule is COc1cc(/C=C/C(=O)Nc2nc3c(C)cccc3s2)ccc1OCCC(C)C. The Kier molecular flexibility index (Phi) is 6.88. The molecular formula is C23H26N2O3S. The molecule has 0 aliphatic rings. The average molecular weight is 411 g/mol. The average Bonchev–Trinajstić information content (AvgIpc) is 3.10. The van der Waals surface area contributed by atoms with Gasteiger partial charge >= 0.3 is 0 Å². The van der Waals surface area contributed by atoms with E-state index in [0.29, 0.717) is 29.2 Å². The Morgan fingerprint density at radius 2 is 2.07 bits per heavy atom. The van der Waals surface area contributed by atoms with Crippen LogP contribution in [0.25, 0.3) is 16.3 Å². The van der Waals surface area contributed by atoms with Gasteiger partial charge in [-0.3, -0.25) is 10.1 Å². The Balaban J connectivity index is 1.65. The molecule has 1 amide bonds. The first-order valence-electron chi connectivity index (χ1n) is 9.62. The van der Waals surface area contributed by atoms with E-state index in [2.05, 4.69) is 24.1 Å². The largest absolute Gasteiger partial charge is 0.493 e. The van der Waals surface area contributed by atoms with Crippen LogP contribution in [0.3, 0.4) is 0 Å². The van der Waals surface area contributed by atoms with Crippen LogP contribution in [0.15, 0.2) is 42.5 Å². The van der Waals surface area contributed by atoms with Crippen LogP contribution in [0.2, 0.25) is 0 Å². The van der Waals surface area contributed by atoms with Gasteiger partial charge in [-0.05, 0) is 54.7 Å². The summed E-state index contributed by atoms with van der Waals surface area (Å²) in [6, 6.07) is 11.6. The summed E-state index contributed by atoms with van der Waals surface area (Å²) in [5, 5.41) is 3.43. The highest BCUT2D eigenvalue weighted by molar-refractivity contribution is 7.22. The van der Waals surface area contributed by atoms with E-state index in [0.717, 1.165) is 27.8 Å². The number of benzene rings is 2. The van der Waals surface area contributed by atoms with Crippen LogP contribution in [-0.4, -0.2) is 24.6 Å². The fraction of sp³-hybridized carbons (Fsp3) is 0.304. The molecule has 0 saturated carbocycles. The van der Waals surface area contributed by atoms with Gasteiger partial charge in [-0.15, -0.1) is 0 Å². The Bertz CT molecular complexity index is 1020. The zero-order chi connectivity index (χ0) is 20.8. The molecule has 0 unspecified atom stereocenters. The summed E-state index contributed by atoms with van der Waals surface area (Å²) in [5.74, 6) is 1.72. The zero-order valence-corrected chi connectivity index (χ0v) is 18.0. The molecular weight excluding hydrogens is 384 g/mol. The summed E-state index contributed by atoms with van der Waals surface area (Å²) >= 11 is 1.47. The summed E-state index contributed by atoms with van der Waals surface area (Å²) in [7, 11) is 1.61. The molecule has 0 atom stereocenters. The third-order valence-corrected chi connectivity index (χ3v) is 5.35. The molecule has 0 saturated heterocycles. The third-order valence-electron chi connectivity index (χ3n) is 4.42. The van der Waals surface area contributed by atoms with Gasteiger partial charge < -0.3 is 9.47 Å². The Hall–Kier alpha value is -2.86. The lowest BCUT2D eigenvalue weighted by Crippen LogP contribution is -2.07. The van der Waals surface area contributed by atoms with Crippen molar-refractivity contribution in [2.24, 2.45) is 5.92 Å². The second kappa shape index (κ2) is 9.56. The maximum Gasteiger partial charge on any atom is 0.250 e. The lowest BCUT2D eigenvalue weighted by atomic mass is 10.1. The van der Waals surface area contributed by atoms with Crippen molar-refractivity contribution in [3.8, 4) is 11.5 Å². The molecule has 0 spiro atoms. The van der Waals surface area contributed by atoms with Gasteiger partial charge in [-0.2, -0.15) is 0 Å². The van der Waals surface area contributed by atoms with Crippen LogP contribution in [0.5, 0.6) is 11.5 Å². The molecule has 3 aromatic rings. The van der Waals surface area contributed by atoms with Crippen molar-refractivity contribution in [1.82, 2.24) is 4.98 Å². The smallest absolute Gasteiger partial charge is 0.250 e. The topological polar surface area (TPSA) is 60.5 Å². The lowest BCUT2D eigenvalue weighted by Gasteiger charge is -2.12. The first-order valence-corrected chi connectivity index (χ1v) is 10.4. The van der Waals surface area contributed by atoms with Crippen molar-refractivity contribution < 1.29 is 14.3 Å². The van der Waals surface area contributed by atoms with Crippen molar-refractivity contribution in [2.45, 2.75) is 27.2 Å². The first kappa shape index (κ1) is 20.9. The second-order valence-corrected chi connectivity index (χ2v) is 8.24. The number of carbonyl (C=O) groups excluding carboxylic acids is 1. The number of aryl methyl sites for hydroxylation is 1. The molecule has 0 aliphatic carbocycles. The zero-order valence-electron chi connectivity index (χ0n) is 17.2. The number of hydrogen-bond donors (Lipinski definition) is 1. The monoisotopic (exact) mass is 410 g/mol. The summed E-state index contributed by atoms with van der Waals surface area (Å²) < 4.78 is 12.3. The van der Waals surface area contributed by atoms with Gasteiger partial charge in [0.25, 0.3) is 0 Å². The summed E-state index contributed by atoms with van der Waals surface area (Å²) in [6.45, 7) is 6.98. The number of para-hydroxylation sites is 1. The number of amides is 1. The second-order valence-electron chi connectivity index (χ2n) is 7.20. The number of hydrogen-bond acceptors (Lipinski definition) is 5. The minimum atomic E-state index is -0.224. The summed E-state index contributed by atoms with van der Waals surface area (Å²) in [4.78, 5) is 16.8. The van der Waals surface area contributed by atoms with Gasteiger partial charge in [0, 0.05) is 6.08 Å². The van der Waals surface area contributed by atoms with Gasteiger partial charge in [-0.1, -0.05) is 43.4 Å². The number of carbonyl (C=O) groups is 1. The number of thiazole rings is 1. The number of aromatic nitrogens is 1. The van der Waals surface area contributed by atoms with E-state index in [-0.39, 0.29) is 5.91 Å². The van der Waals surface area contributed by atoms with Crippen molar-refractivity contribution in [2.75, 3.05) is 19.0 Å². The van der Waals surface area contributed by atoms with Crippen LogP contribution in [0, 0.1) is 12.8 Å². The summed E-state index contributed by atoms with van der Waals surface area (Å²) in [5.41, 5.74) is 2.88. The molecule has 0 fully saturated rings. The highest BCUT2D eigenvalue weighted by Crippen LogP contribution is 2.29. The van der Waals surface area contributed by atoms with E-state index >= 15 is 0 Å². The molecule has 1 heterocycles. The van der Waals surface area contributed by atoms with Gasteiger partial charge in [-0.25, -0.2) is 4.98 Å². The maximum atomic E-state index is 12.3. The van der Waals surface area contributed by atoms with E-state index in [1.807, 2.05) is 43.3 Å². The van der Waals surface area contributed by atoms with E-state index in [1.54, 1.807) is 13.2 Å². The van der Waals surface area contributed by atoms with E-state index in [1.165, 1.54) is 17.4 Å². The van der Waals surface area contributed by atoms with Crippen LogP contribution in [-0.2, 0) is 4.79 Å². The van der Waals surface area contributed by atoms with Crippen molar-refractivity contribution in [1.29, 1.82) is 0 Å².